The summed E-state index contributed by atoms with van der Waals surface area (Å²) in [6, 6.07) is 17.6. The molecular weight excluding hydrogens is 250 g/mol. The third-order valence-electron chi connectivity index (χ3n) is 3.57. The van der Waals surface area contributed by atoms with Gasteiger partial charge in [-0.25, -0.2) is 0 Å². The molecule has 1 nitrogen and oxygen atoms in total. The van der Waals surface area contributed by atoms with Crippen LogP contribution in [0, 0.1) is 6.92 Å². The lowest BCUT2D eigenvalue weighted by Crippen LogP contribution is -2.28. The van der Waals surface area contributed by atoms with Crippen molar-refractivity contribution < 1.29 is 0 Å². The second-order valence-corrected chi connectivity index (χ2v) is 6.16. The summed E-state index contributed by atoms with van der Waals surface area (Å²) < 4.78 is 0. The monoisotopic (exact) mass is 269 g/mol. The molecule has 1 heterocycles. The zero-order chi connectivity index (χ0) is 13.1. The average Bonchev–Trinajstić information content (AvgIpc) is 2.46. The molecule has 1 aliphatic rings. The lowest BCUT2D eigenvalue weighted by Gasteiger charge is -2.28. The van der Waals surface area contributed by atoms with E-state index in [-0.39, 0.29) is 0 Å². The molecule has 1 aliphatic heterocycles. The van der Waals surface area contributed by atoms with Crippen LogP contribution in [0.15, 0.2) is 53.4 Å². The van der Waals surface area contributed by atoms with Crippen molar-refractivity contribution >= 4 is 11.8 Å². The summed E-state index contributed by atoms with van der Waals surface area (Å²) in [4.78, 5) is 4.00. The number of aryl methyl sites for hydroxylation is 1. The molecule has 0 unspecified atom stereocenters. The number of rotatable bonds is 3. The van der Waals surface area contributed by atoms with Crippen LogP contribution in [-0.4, -0.2) is 17.3 Å². The maximum absolute atomic E-state index is 2.54. The van der Waals surface area contributed by atoms with Gasteiger partial charge in [-0.2, -0.15) is 0 Å². The van der Waals surface area contributed by atoms with Gasteiger partial charge in [-0.15, -0.1) is 11.8 Å². The Kier molecular flexibility index (Phi) is 3.90. The van der Waals surface area contributed by atoms with E-state index in [1.54, 1.807) is 0 Å². The van der Waals surface area contributed by atoms with Crippen LogP contribution in [0.5, 0.6) is 0 Å². The summed E-state index contributed by atoms with van der Waals surface area (Å²) in [6.45, 7) is 4.41. The third kappa shape index (κ3) is 3.20. The van der Waals surface area contributed by atoms with Gasteiger partial charge in [0, 0.05) is 23.9 Å². The van der Waals surface area contributed by atoms with Gasteiger partial charge in [0.25, 0.3) is 0 Å². The summed E-state index contributed by atoms with van der Waals surface area (Å²) in [5.41, 5.74) is 4.29. The maximum Gasteiger partial charge on any atom is 0.0495 e. The molecule has 19 heavy (non-hydrogen) atoms. The highest BCUT2D eigenvalue weighted by atomic mass is 32.2. The number of thioether (sulfide) groups is 1. The minimum absolute atomic E-state index is 1.09. The quantitative estimate of drug-likeness (QED) is 0.825. The van der Waals surface area contributed by atoms with E-state index in [9.17, 15) is 0 Å². The first kappa shape index (κ1) is 12.8. The second-order valence-electron chi connectivity index (χ2n) is 5.17. The van der Waals surface area contributed by atoms with Gasteiger partial charge in [0.15, 0.2) is 0 Å². The molecule has 0 spiro atoms. The molecule has 2 aromatic rings. The summed E-state index contributed by atoms with van der Waals surface area (Å²) in [6.07, 6.45) is 1.14. The fourth-order valence-electron chi connectivity index (χ4n) is 2.50. The fourth-order valence-corrected chi connectivity index (χ4v) is 3.51. The minimum atomic E-state index is 1.09. The van der Waals surface area contributed by atoms with Gasteiger partial charge in [0.05, 0.1) is 0 Å². The summed E-state index contributed by atoms with van der Waals surface area (Å²) in [7, 11) is 0. The molecule has 0 fully saturated rings. The maximum atomic E-state index is 2.54. The number of benzene rings is 2. The number of hydrogen-bond acceptors (Lipinski definition) is 2. The molecule has 0 atom stereocenters. The van der Waals surface area contributed by atoms with Gasteiger partial charge in [0.1, 0.15) is 0 Å². The van der Waals surface area contributed by atoms with Crippen molar-refractivity contribution in [2.75, 3.05) is 12.4 Å². The zero-order valence-electron chi connectivity index (χ0n) is 11.3. The van der Waals surface area contributed by atoms with E-state index in [0.717, 1.165) is 25.4 Å². The molecule has 2 heteroatoms. The Morgan fingerprint density at radius 3 is 2.79 bits per heavy atom. The van der Waals surface area contributed by atoms with Gasteiger partial charge in [-0.05, 0) is 30.5 Å². The van der Waals surface area contributed by atoms with Gasteiger partial charge in [-0.3, -0.25) is 4.90 Å². The highest BCUT2D eigenvalue weighted by Gasteiger charge is 2.16. The summed E-state index contributed by atoms with van der Waals surface area (Å²) in [5.74, 6) is 1.11. The summed E-state index contributed by atoms with van der Waals surface area (Å²) >= 11 is 1.97. The Labute approximate surface area is 119 Å². The van der Waals surface area contributed by atoms with E-state index in [1.165, 1.54) is 21.6 Å². The van der Waals surface area contributed by atoms with E-state index in [0.29, 0.717) is 0 Å². The average molecular weight is 269 g/mol. The molecule has 0 N–H and O–H groups in total. The van der Waals surface area contributed by atoms with Crippen molar-refractivity contribution in [3.05, 3.63) is 65.2 Å². The fraction of sp³-hybridized carbons (Fsp3) is 0.294. The predicted octanol–water partition coefficient (Wildman–Crippen LogP) is 4.10. The highest BCUT2D eigenvalue weighted by Crippen LogP contribution is 2.30. The Hall–Kier alpha value is -1.25. The van der Waals surface area contributed by atoms with Gasteiger partial charge < -0.3 is 0 Å². The lowest BCUT2D eigenvalue weighted by molar-refractivity contribution is 0.309. The number of nitrogens with zero attached hydrogens (tertiary/aromatic N) is 1. The topological polar surface area (TPSA) is 3.24 Å². The van der Waals surface area contributed by atoms with Crippen LogP contribution in [0.2, 0.25) is 0 Å². The van der Waals surface area contributed by atoms with Crippen molar-refractivity contribution in [1.29, 1.82) is 0 Å². The molecule has 0 saturated heterocycles. The first-order valence-electron chi connectivity index (χ1n) is 6.80. The van der Waals surface area contributed by atoms with Crippen molar-refractivity contribution in [3.63, 3.8) is 0 Å². The number of fused-ring (bicyclic) bond motifs is 1. The molecule has 2 aromatic carbocycles. The lowest BCUT2D eigenvalue weighted by atomic mass is 10.1. The van der Waals surface area contributed by atoms with Crippen LogP contribution in [0.3, 0.4) is 0 Å². The van der Waals surface area contributed by atoms with Crippen LogP contribution < -0.4 is 0 Å². The van der Waals surface area contributed by atoms with E-state index in [4.69, 9.17) is 0 Å². The van der Waals surface area contributed by atoms with Crippen LogP contribution in [-0.2, 0) is 13.0 Å². The van der Waals surface area contributed by atoms with Crippen LogP contribution in [0.1, 0.15) is 16.7 Å². The largest absolute Gasteiger partial charge is 0.289 e. The van der Waals surface area contributed by atoms with E-state index >= 15 is 0 Å². The second kappa shape index (κ2) is 5.81. The Balaban J connectivity index is 1.62. The molecular formula is C17H19NS. The Bertz CT molecular complexity index is 550. The van der Waals surface area contributed by atoms with Crippen LogP contribution >= 0.6 is 11.8 Å². The molecule has 0 saturated carbocycles. The molecule has 0 radical (unpaired) electrons. The van der Waals surface area contributed by atoms with Gasteiger partial charge in [0.2, 0.25) is 0 Å². The molecule has 98 valence electrons. The van der Waals surface area contributed by atoms with Crippen LogP contribution in [0.25, 0.3) is 0 Å². The van der Waals surface area contributed by atoms with Crippen LogP contribution in [0.4, 0.5) is 0 Å². The van der Waals surface area contributed by atoms with Gasteiger partial charge >= 0.3 is 0 Å². The Morgan fingerprint density at radius 2 is 1.95 bits per heavy atom. The molecule has 0 bridgehead atoms. The van der Waals surface area contributed by atoms with Crippen molar-refractivity contribution in [2.45, 2.75) is 24.8 Å². The number of hydrogen-bond donors (Lipinski definition) is 0. The summed E-state index contributed by atoms with van der Waals surface area (Å²) in [5, 5.41) is 0. The smallest absolute Gasteiger partial charge is 0.0495 e. The Morgan fingerprint density at radius 1 is 1.11 bits per heavy atom. The van der Waals surface area contributed by atoms with Gasteiger partial charge in [-0.1, -0.05) is 48.0 Å². The molecule has 3 rings (SSSR count). The SMILES string of the molecule is Cc1ccc2c(c1)CN(CCc1ccccc1)CS2. The highest BCUT2D eigenvalue weighted by molar-refractivity contribution is 7.99. The first-order valence-corrected chi connectivity index (χ1v) is 7.78. The molecule has 0 aliphatic carbocycles. The van der Waals surface area contributed by atoms with E-state index in [2.05, 4.69) is 60.4 Å². The minimum Gasteiger partial charge on any atom is -0.289 e. The van der Waals surface area contributed by atoms with Crippen molar-refractivity contribution in [3.8, 4) is 0 Å². The zero-order valence-corrected chi connectivity index (χ0v) is 12.1. The first-order chi connectivity index (χ1) is 9.31. The molecule has 0 aromatic heterocycles. The third-order valence-corrected chi connectivity index (χ3v) is 4.78. The standard InChI is InChI=1S/C17H19NS/c1-14-7-8-17-16(11-14)12-18(13-19-17)10-9-15-5-3-2-4-6-15/h2-8,11H,9-10,12-13H2,1H3. The van der Waals surface area contributed by atoms with E-state index < -0.39 is 0 Å². The van der Waals surface area contributed by atoms with Crippen molar-refractivity contribution in [1.82, 2.24) is 4.90 Å². The normalized spacial score (nSPS) is 15.2. The predicted molar refractivity (Wildman–Crippen MR) is 82.5 cm³/mol. The van der Waals surface area contributed by atoms with E-state index in [1.807, 2.05) is 11.8 Å². The molecule has 0 amide bonds. The van der Waals surface area contributed by atoms with Crippen molar-refractivity contribution in [2.24, 2.45) is 0 Å².